The molecule has 0 saturated heterocycles. The lowest BCUT2D eigenvalue weighted by Gasteiger charge is -1.96. The second-order valence-corrected chi connectivity index (χ2v) is 4.78. The number of nitrogens with zero attached hydrogens (tertiary/aromatic N) is 3. The van der Waals surface area contributed by atoms with E-state index in [9.17, 15) is 14.9 Å². The third-order valence-electron chi connectivity index (χ3n) is 2.15. The molecule has 2 rings (SSSR count). The van der Waals surface area contributed by atoms with E-state index in [0.29, 0.717) is 4.88 Å². The largest absolute Gasteiger partial charge is 0.381 e. The first-order valence-corrected chi connectivity index (χ1v) is 5.63. The first kappa shape index (κ1) is 11.5. The molecule has 0 bridgehead atoms. The van der Waals surface area contributed by atoms with Crippen LogP contribution in [0.2, 0.25) is 0 Å². The molecule has 6 nitrogen and oxygen atoms in total. The molecule has 2 heterocycles. The first-order chi connectivity index (χ1) is 8.06. The van der Waals surface area contributed by atoms with Crippen molar-refractivity contribution < 1.29 is 9.72 Å². The van der Waals surface area contributed by atoms with Gasteiger partial charge in [0.1, 0.15) is 6.20 Å². The predicted molar refractivity (Wildman–Crippen MR) is 62.3 cm³/mol. The van der Waals surface area contributed by atoms with Crippen molar-refractivity contribution in [1.29, 1.82) is 0 Å². The van der Waals surface area contributed by atoms with E-state index in [-0.39, 0.29) is 18.1 Å². The molecule has 0 fully saturated rings. The molecule has 0 unspecified atom stereocenters. The summed E-state index contributed by atoms with van der Waals surface area (Å²) in [5.74, 6) is -0.324. The molecule has 0 amide bonds. The highest BCUT2D eigenvalue weighted by molar-refractivity contribution is 7.14. The molecule has 2 aromatic heterocycles. The minimum absolute atomic E-state index is 0.0702. The van der Waals surface area contributed by atoms with Crippen LogP contribution in [0.3, 0.4) is 0 Å². The molecule has 0 aliphatic heterocycles. The van der Waals surface area contributed by atoms with Crippen LogP contribution < -0.4 is 0 Å². The molecule has 0 saturated carbocycles. The summed E-state index contributed by atoms with van der Waals surface area (Å²) in [6, 6.07) is 3.63. The molecular formula is C10H9N3O3S. The quantitative estimate of drug-likeness (QED) is 0.473. The van der Waals surface area contributed by atoms with E-state index < -0.39 is 4.92 Å². The third-order valence-corrected chi connectivity index (χ3v) is 3.19. The van der Waals surface area contributed by atoms with Crippen LogP contribution in [0.1, 0.15) is 14.5 Å². The van der Waals surface area contributed by atoms with Gasteiger partial charge in [-0.2, -0.15) is 0 Å². The van der Waals surface area contributed by atoms with Gasteiger partial charge in [0, 0.05) is 4.88 Å². The smallest absolute Gasteiger partial charge is 0.358 e. The number of thiophene rings is 1. The Hall–Kier alpha value is -2.02. The fourth-order valence-electron chi connectivity index (χ4n) is 1.36. The number of carbonyl (C=O) groups excluding carboxylic acids is 1. The van der Waals surface area contributed by atoms with E-state index in [1.807, 2.05) is 13.0 Å². The summed E-state index contributed by atoms with van der Waals surface area (Å²) in [6.07, 6.45) is 2.54. The highest BCUT2D eigenvalue weighted by Gasteiger charge is 2.14. The van der Waals surface area contributed by atoms with Crippen molar-refractivity contribution in [1.82, 2.24) is 9.55 Å². The summed E-state index contributed by atoms with van der Waals surface area (Å²) < 4.78 is 1.41. The summed E-state index contributed by atoms with van der Waals surface area (Å²) in [5.41, 5.74) is 0. The number of carbonyl (C=O) groups is 1. The Labute approximate surface area is 101 Å². The molecule has 88 valence electrons. The van der Waals surface area contributed by atoms with Gasteiger partial charge >= 0.3 is 5.82 Å². The van der Waals surface area contributed by atoms with Gasteiger partial charge in [-0.05, 0) is 29.0 Å². The Morgan fingerprint density at radius 1 is 1.59 bits per heavy atom. The molecule has 0 spiro atoms. The topological polar surface area (TPSA) is 78.0 Å². The number of rotatable bonds is 4. The lowest BCUT2D eigenvalue weighted by Crippen LogP contribution is -2.07. The maximum absolute atomic E-state index is 11.8. The molecule has 2 aromatic rings. The Morgan fingerprint density at radius 2 is 2.35 bits per heavy atom. The Kier molecular flexibility index (Phi) is 3.01. The van der Waals surface area contributed by atoms with Crippen molar-refractivity contribution in [3.8, 4) is 0 Å². The zero-order valence-corrected chi connectivity index (χ0v) is 9.81. The zero-order valence-electron chi connectivity index (χ0n) is 8.99. The number of imidazole rings is 1. The number of aromatic nitrogens is 2. The Morgan fingerprint density at radius 3 is 2.88 bits per heavy atom. The van der Waals surface area contributed by atoms with Gasteiger partial charge in [0.15, 0.2) is 5.78 Å². The number of Topliss-reactive ketones (excluding diaryl/α,β-unsaturated/α-hetero) is 1. The summed E-state index contributed by atoms with van der Waals surface area (Å²) >= 11 is 1.41. The van der Waals surface area contributed by atoms with Gasteiger partial charge in [0.25, 0.3) is 0 Å². The van der Waals surface area contributed by atoms with Crippen molar-refractivity contribution in [3.05, 3.63) is 44.5 Å². The minimum Gasteiger partial charge on any atom is -0.358 e. The average molecular weight is 251 g/mol. The molecule has 0 aromatic carbocycles. The second kappa shape index (κ2) is 4.46. The molecule has 7 heteroatoms. The van der Waals surface area contributed by atoms with E-state index in [0.717, 1.165) is 4.88 Å². The van der Waals surface area contributed by atoms with E-state index in [1.54, 1.807) is 6.07 Å². The number of aryl methyl sites for hydroxylation is 1. The minimum atomic E-state index is -0.587. The lowest BCUT2D eigenvalue weighted by molar-refractivity contribution is -0.389. The van der Waals surface area contributed by atoms with Crippen LogP contribution >= 0.6 is 11.3 Å². The summed E-state index contributed by atoms with van der Waals surface area (Å²) in [5, 5.41) is 10.4. The van der Waals surface area contributed by atoms with Crippen LogP contribution in [-0.2, 0) is 6.54 Å². The van der Waals surface area contributed by atoms with Crippen LogP contribution in [-0.4, -0.2) is 20.3 Å². The molecular weight excluding hydrogens is 242 g/mol. The number of hydrogen-bond acceptors (Lipinski definition) is 5. The van der Waals surface area contributed by atoms with Gasteiger partial charge in [-0.25, -0.2) is 0 Å². The van der Waals surface area contributed by atoms with Crippen LogP contribution in [0, 0.1) is 17.0 Å². The maximum atomic E-state index is 11.8. The monoisotopic (exact) mass is 251 g/mol. The third kappa shape index (κ3) is 2.56. The van der Waals surface area contributed by atoms with Gasteiger partial charge in [-0.1, -0.05) is 0 Å². The summed E-state index contributed by atoms with van der Waals surface area (Å²) in [7, 11) is 0. The van der Waals surface area contributed by atoms with Crippen LogP contribution in [0.5, 0.6) is 0 Å². The summed E-state index contributed by atoms with van der Waals surface area (Å²) in [4.78, 5) is 26.9. The van der Waals surface area contributed by atoms with E-state index in [4.69, 9.17) is 0 Å². The van der Waals surface area contributed by atoms with Gasteiger partial charge in [-0.3, -0.25) is 4.79 Å². The van der Waals surface area contributed by atoms with Crippen molar-refractivity contribution in [3.63, 3.8) is 0 Å². The molecule has 0 atom stereocenters. The lowest BCUT2D eigenvalue weighted by atomic mass is 10.3. The SMILES string of the molecule is Cc1ccc(C(=O)Cn2cnc([N+](=O)[O-])c2)s1. The van der Waals surface area contributed by atoms with Crippen molar-refractivity contribution in [2.75, 3.05) is 0 Å². The summed E-state index contributed by atoms with van der Waals surface area (Å²) in [6.45, 7) is 1.99. The molecule has 0 aliphatic carbocycles. The highest BCUT2D eigenvalue weighted by atomic mass is 32.1. The fraction of sp³-hybridized carbons (Fsp3) is 0.200. The van der Waals surface area contributed by atoms with Gasteiger partial charge in [-0.15, -0.1) is 11.3 Å². The highest BCUT2D eigenvalue weighted by Crippen LogP contribution is 2.16. The molecule has 0 N–H and O–H groups in total. The standard InChI is InChI=1S/C10H9N3O3S/c1-7-2-3-9(17-7)8(14)4-12-5-10(11-6-12)13(15)16/h2-3,5-6H,4H2,1H3. The first-order valence-electron chi connectivity index (χ1n) is 4.82. The zero-order chi connectivity index (χ0) is 12.4. The molecule has 0 aliphatic rings. The van der Waals surface area contributed by atoms with E-state index in [1.165, 1.54) is 28.4 Å². The van der Waals surface area contributed by atoms with Gasteiger partial charge in [0.2, 0.25) is 6.33 Å². The number of hydrogen-bond donors (Lipinski definition) is 0. The second-order valence-electron chi connectivity index (χ2n) is 3.49. The van der Waals surface area contributed by atoms with E-state index >= 15 is 0 Å². The van der Waals surface area contributed by atoms with Crippen LogP contribution in [0.15, 0.2) is 24.7 Å². The van der Waals surface area contributed by atoms with Gasteiger partial charge < -0.3 is 14.7 Å². The van der Waals surface area contributed by atoms with Crippen LogP contribution in [0.4, 0.5) is 5.82 Å². The van der Waals surface area contributed by atoms with Crippen molar-refractivity contribution in [2.45, 2.75) is 13.5 Å². The average Bonchev–Trinajstić information content (AvgIpc) is 2.86. The Bertz CT molecular complexity index is 573. The number of nitro groups is 1. The molecule has 0 radical (unpaired) electrons. The molecule has 17 heavy (non-hydrogen) atoms. The maximum Gasteiger partial charge on any atom is 0.381 e. The van der Waals surface area contributed by atoms with Crippen molar-refractivity contribution in [2.24, 2.45) is 0 Å². The fourth-order valence-corrected chi connectivity index (χ4v) is 2.15. The van der Waals surface area contributed by atoms with E-state index in [2.05, 4.69) is 4.98 Å². The van der Waals surface area contributed by atoms with Crippen LogP contribution in [0.25, 0.3) is 0 Å². The predicted octanol–water partition coefficient (Wildman–Crippen LogP) is 2.04. The number of ketones is 1. The normalized spacial score (nSPS) is 10.4. The van der Waals surface area contributed by atoms with Gasteiger partial charge in [0.05, 0.1) is 11.4 Å². The Balaban J connectivity index is 2.10. The van der Waals surface area contributed by atoms with Crippen molar-refractivity contribution >= 4 is 22.9 Å².